The molecule has 3 N–H and O–H groups in total. The molecular weight excluding hydrogens is 204 g/mol. The largest absolute Gasteiger partial charge is 0.355 e. The van der Waals surface area contributed by atoms with Crippen LogP contribution in [0.4, 0.5) is 0 Å². The number of nitrogens with one attached hydrogen (secondary N) is 1. The Morgan fingerprint density at radius 3 is 2.69 bits per heavy atom. The van der Waals surface area contributed by atoms with Crippen LogP contribution in [0.1, 0.15) is 51.9 Å². The second-order valence-corrected chi connectivity index (χ2v) is 3.99. The maximum Gasteiger partial charge on any atom is 0.236 e. The number of nitrogens with two attached hydrogens (primary N) is 1. The highest BCUT2D eigenvalue weighted by molar-refractivity contribution is 5.81. The molecule has 0 unspecified atom stereocenters. The summed E-state index contributed by atoms with van der Waals surface area (Å²) in [6, 6.07) is -0.372. The van der Waals surface area contributed by atoms with Crippen LogP contribution in [0.3, 0.4) is 0 Å². The molecule has 0 heterocycles. The molecule has 0 saturated heterocycles. The van der Waals surface area contributed by atoms with Crippen molar-refractivity contribution < 1.29 is 9.59 Å². The predicted octanol–water partition coefficient (Wildman–Crippen LogP) is 1.29. The number of carbonyl (C=O) groups excluding carboxylic acids is 2. The molecular formula is C12H23N2O2. The number of rotatable bonds is 10. The van der Waals surface area contributed by atoms with Crippen LogP contribution >= 0.6 is 0 Å². The molecule has 0 aromatic carbocycles. The van der Waals surface area contributed by atoms with Crippen LogP contribution in [0.25, 0.3) is 0 Å². The molecule has 1 atom stereocenters. The molecule has 0 fully saturated rings. The Bertz CT molecular complexity index is 195. The summed E-state index contributed by atoms with van der Waals surface area (Å²) in [4.78, 5) is 21.4. The highest BCUT2D eigenvalue weighted by Crippen LogP contribution is 1.99. The lowest BCUT2D eigenvalue weighted by atomic mass is 10.1. The van der Waals surface area contributed by atoms with Crippen LogP contribution in [-0.4, -0.2) is 24.8 Å². The van der Waals surface area contributed by atoms with Gasteiger partial charge in [-0.15, -0.1) is 0 Å². The Hall–Kier alpha value is -0.900. The second-order valence-electron chi connectivity index (χ2n) is 3.99. The molecule has 4 nitrogen and oxygen atoms in total. The van der Waals surface area contributed by atoms with Crippen molar-refractivity contribution in [3.8, 4) is 0 Å². The quantitative estimate of drug-likeness (QED) is 0.552. The van der Waals surface area contributed by atoms with Gasteiger partial charge in [0.25, 0.3) is 0 Å². The SMILES string of the molecule is CCCC[C@@H](N)C(=O)NCCCCC[C]=O. The van der Waals surface area contributed by atoms with Gasteiger partial charge in [-0.05, 0) is 19.3 Å². The fourth-order valence-electron chi connectivity index (χ4n) is 1.40. The van der Waals surface area contributed by atoms with E-state index in [-0.39, 0.29) is 11.9 Å². The first-order valence-corrected chi connectivity index (χ1v) is 6.10. The van der Waals surface area contributed by atoms with Crippen molar-refractivity contribution in [3.05, 3.63) is 0 Å². The van der Waals surface area contributed by atoms with Crippen molar-refractivity contribution in [3.63, 3.8) is 0 Å². The predicted molar refractivity (Wildman–Crippen MR) is 64.7 cm³/mol. The highest BCUT2D eigenvalue weighted by atomic mass is 16.2. The van der Waals surface area contributed by atoms with Crippen molar-refractivity contribution in [1.82, 2.24) is 5.32 Å². The zero-order chi connectivity index (χ0) is 12.2. The number of hydrogen-bond donors (Lipinski definition) is 2. The van der Waals surface area contributed by atoms with Crippen LogP contribution in [0.15, 0.2) is 0 Å². The van der Waals surface area contributed by atoms with Crippen LogP contribution < -0.4 is 11.1 Å². The number of carbonyl (C=O) groups is 1. The monoisotopic (exact) mass is 227 g/mol. The van der Waals surface area contributed by atoms with E-state index >= 15 is 0 Å². The summed E-state index contributed by atoms with van der Waals surface area (Å²) in [6.07, 6.45) is 7.83. The molecule has 4 heteroatoms. The Morgan fingerprint density at radius 2 is 2.06 bits per heavy atom. The third-order valence-corrected chi connectivity index (χ3v) is 2.46. The van der Waals surface area contributed by atoms with Gasteiger partial charge in [0.1, 0.15) is 0 Å². The van der Waals surface area contributed by atoms with Crippen LogP contribution in [-0.2, 0) is 9.59 Å². The molecule has 0 aromatic rings. The molecule has 16 heavy (non-hydrogen) atoms. The Balaban J connectivity index is 3.38. The molecule has 93 valence electrons. The summed E-state index contributed by atoms with van der Waals surface area (Å²) >= 11 is 0. The lowest BCUT2D eigenvalue weighted by molar-refractivity contribution is -0.122. The fraction of sp³-hybridized carbons (Fsp3) is 0.833. The molecule has 0 aliphatic carbocycles. The topological polar surface area (TPSA) is 72.2 Å². The summed E-state index contributed by atoms with van der Waals surface area (Å²) in [5.74, 6) is -0.0598. The third kappa shape index (κ3) is 8.41. The smallest absolute Gasteiger partial charge is 0.236 e. The van der Waals surface area contributed by atoms with E-state index in [4.69, 9.17) is 5.73 Å². The first-order valence-electron chi connectivity index (χ1n) is 6.10. The Morgan fingerprint density at radius 1 is 1.31 bits per heavy atom. The van der Waals surface area contributed by atoms with Crippen LogP contribution in [0.5, 0.6) is 0 Å². The molecule has 0 aliphatic heterocycles. The van der Waals surface area contributed by atoms with Gasteiger partial charge in [0.2, 0.25) is 5.91 Å². The number of unbranched alkanes of at least 4 members (excludes halogenated alkanes) is 4. The minimum Gasteiger partial charge on any atom is -0.355 e. The van der Waals surface area contributed by atoms with Gasteiger partial charge >= 0.3 is 0 Å². The molecule has 0 bridgehead atoms. The Kier molecular flexibility index (Phi) is 10.0. The molecule has 0 saturated carbocycles. The van der Waals surface area contributed by atoms with Crippen LogP contribution in [0.2, 0.25) is 0 Å². The van der Waals surface area contributed by atoms with Gasteiger partial charge in [-0.2, -0.15) is 0 Å². The van der Waals surface area contributed by atoms with Crippen LogP contribution in [0, 0.1) is 0 Å². The van der Waals surface area contributed by atoms with Gasteiger partial charge in [0, 0.05) is 13.0 Å². The zero-order valence-corrected chi connectivity index (χ0v) is 10.1. The molecule has 0 aliphatic rings. The molecule has 1 amide bonds. The maximum atomic E-state index is 11.4. The Labute approximate surface area is 98.0 Å². The van der Waals surface area contributed by atoms with E-state index in [0.29, 0.717) is 13.0 Å². The minimum absolute atomic E-state index is 0.0598. The van der Waals surface area contributed by atoms with E-state index in [9.17, 15) is 9.59 Å². The highest BCUT2D eigenvalue weighted by Gasteiger charge is 2.11. The van der Waals surface area contributed by atoms with Crippen molar-refractivity contribution >= 4 is 12.2 Å². The molecule has 0 aromatic heterocycles. The number of hydrogen-bond acceptors (Lipinski definition) is 3. The van der Waals surface area contributed by atoms with E-state index in [2.05, 4.69) is 12.2 Å². The van der Waals surface area contributed by atoms with Gasteiger partial charge in [-0.3, -0.25) is 9.59 Å². The summed E-state index contributed by atoms with van der Waals surface area (Å²) < 4.78 is 0. The van der Waals surface area contributed by atoms with E-state index in [1.165, 1.54) is 0 Å². The summed E-state index contributed by atoms with van der Waals surface area (Å²) in [6.45, 7) is 2.73. The molecule has 1 radical (unpaired) electrons. The van der Waals surface area contributed by atoms with Gasteiger partial charge in [0.15, 0.2) is 6.29 Å². The van der Waals surface area contributed by atoms with E-state index in [1.807, 2.05) is 6.29 Å². The van der Waals surface area contributed by atoms with Gasteiger partial charge in [-0.25, -0.2) is 0 Å². The first-order chi connectivity index (χ1) is 7.72. The second kappa shape index (κ2) is 10.6. The van der Waals surface area contributed by atoms with Gasteiger partial charge in [-0.1, -0.05) is 26.2 Å². The van der Waals surface area contributed by atoms with Crippen molar-refractivity contribution in [1.29, 1.82) is 0 Å². The first kappa shape index (κ1) is 15.1. The third-order valence-electron chi connectivity index (χ3n) is 2.46. The van der Waals surface area contributed by atoms with Crippen molar-refractivity contribution in [2.75, 3.05) is 6.54 Å². The minimum atomic E-state index is -0.372. The normalized spacial score (nSPS) is 12.1. The maximum absolute atomic E-state index is 11.4. The van der Waals surface area contributed by atoms with E-state index in [1.54, 1.807) is 0 Å². The molecule has 0 rings (SSSR count). The summed E-state index contributed by atoms with van der Waals surface area (Å²) in [5, 5.41) is 2.81. The summed E-state index contributed by atoms with van der Waals surface area (Å²) in [5.41, 5.74) is 5.70. The van der Waals surface area contributed by atoms with Crippen molar-refractivity contribution in [2.45, 2.75) is 57.9 Å². The van der Waals surface area contributed by atoms with E-state index < -0.39 is 0 Å². The zero-order valence-electron chi connectivity index (χ0n) is 10.1. The van der Waals surface area contributed by atoms with Gasteiger partial charge < -0.3 is 11.1 Å². The molecule has 0 spiro atoms. The summed E-state index contributed by atoms with van der Waals surface area (Å²) in [7, 11) is 0. The fourth-order valence-corrected chi connectivity index (χ4v) is 1.40. The van der Waals surface area contributed by atoms with Gasteiger partial charge in [0.05, 0.1) is 6.04 Å². The van der Waals surface area contributed by atoms with E-state index in [0.717, 1.165) is 38.5 Å². The average Bonchev–Trinajstić information content (AvgIpc) is 2.30. The lowest BCUT2D eigenvalue weighted by Gasteiger charge is -2.11. The lowest BCUT2D eigenvalue weighted by Crippen LogP contribution is -2.40. The standard InChI is InChI=1S/C12H23N2O2/c1-2-3-8-11(13)12(16)14-9-6-4-5-7-10-15/h11H,2-9,13H2,1H3,(H,14,16)/t11-/m1/s1. The average molecular weight is 227 g/mol. The number of amides is 1. The van der Waals surface area contributed by atoms with Crippen molar-refractivity contribution in [2.24, 2.45) is 5.73 Å².